The zero-order chi connectivity index (χ0) is 16.4. The predicted octanol–water partition coefficient (Wildman–Crippen LogP) is 2.06. The van der Waals surface area contributed by atoms with Crippen molar-refractivity contribution in [2.75, 3.05) is 32.9 Å². The zero-order valence-corrected chi connectivity index (χ0v) is 14.6. The molecule has 0 aromatic heterocycles. The number of aryl methyl sites for hydroxylation is 1. The molecule has 128 valence electrons. The SMILES string of the molecule is CCOCC[C@H]1CO[C@H]2CN(S(=O)(=O)c3ccccc3C)C[C@@H]12. The second-order valence-corrected chi connectivity index (χ2v) is 8.28. The molecular formula is C17H25NO4S. The van der Waals surface area contributed by atoms with Gasteiger partial charge in [0.2, 0.25) is 10.0 Å². The highest BCUT2D eigenvalue weighted by Gasteiger charge is 2.47. The molecule has 2 aliphatic rings. The van der Waals surface area contributed by atoms with Gasteiger partial charge in [0.05, 0.1) is 17.6 Å². The van der Waals surface area contributed by atoms with E-state index in [1.165, 1.54) is 0 Å². The van der Waals surface area contributed by atoms with Gasteiger partial charge < -0.3 is 9.47 Å². The highest BCUT2D eigenvalue weighted by atomic mass is 32.2. The summed E-state index contributed by atoms with van der Waals surface area (Å²) in [5.41, 5.74) is 0.790. The van der Waals surface area contributed by atoms with Crippen molar-refractivity contribution in [3.63, 3.8) is 0 Å². The maximum absolute atomic E-state index is 12.9. The first kappa shape index (κ1) is 16.9. The average molecular weight is 339 g/mol. The van der Waals surface area contributed by atoms with Gasteiger partial charge in [0.25, 0.3) is 0 Å². The summed E-state index contributed by atoms with van der Waals surface area (Å²) in [5, 5.41) is 0. The third-order valence-electron chi connectivity index (χ3n) is 4.95. The number of sulfonamides is 1. The molecule has 0 bridgehead atoms. The lowest BCUT2D eigenvalue weighted by Gasteiger charge is -2.20. The fourth-order valence-corrected chi connectivity index (χ4v) is 5.34. The number of ether oxygens (including phenoxy) is 2. The van der Waals surface area contributed by atoms with E-state index in [2.05, 4.69) is 0 Å². The van der Waals surface area contributed by atoms with E-state index in [-0.39, 0.29) is 12.0 Å². The van der Waals surface area contributed by atoms with Crippen LogP contribution in [0, 0.1) is 18.8 Å². The van der Waals surface area contributed by atoms with Gasteiger partial charge in [-0.2, -0.15) is 4.31 Å². The van der Waals surface area contributed by atoms with Crippen LogP contribution in [-0.2, 0) is 19.5 Å². The van der Waals surface area contributed by atoms with Crippen molar-refractivity contribution in [3.05, 3.63) is 29.8 Å². The third kappa shape index (κ3) is 3.31. The van der Waals surface area contributed by atoms with Crippen LogP contribution in [0.25, 0.3) is 0 Å². The van der Waals surface area contributed by atoms with Gasteiger partial charge in [-0.15, -0.1) is 0 Å². The van der Waals surface area contributed by atoms with Crippen molar-refractivity contribution < 1.29 is 17.9 Å². The topological polar surface area (TPSA) is 55.8 Å². The number of hydrogen-bond donors (Lipinski definition) is 0. The molecule has 0 radical (unpaired) electrons. The minimum absolute atomic E-state index is 0.0282. The van der Waals surface area contributed by atoms with Crippen molar-refractivity contribution in [1.82, 2.24) is 4.31 Å². The second-order valence-electron chi connectivity index (χ2n) is 6.37. The second kappa shape index (κ2) is 6.89. The van der Waals surface area contributed by atoms with Gasteiger partial charge >= 0.3 is 0 Å². The van der Waals surface area contributed by atoms with Gasteiger partial charge in [-0.25, -0.2) is 8.42 Å². The van der Waals surface area contributed by atoms with Crippen molar-refractivity contribution in [3.8, 4) is 0 Å². The van der Waals surface area contributed by atoms with E-state index in [1.807, 2.05) is 26.0 Å². The largest absolute Gasteiger partial charge is 0.382 e. The first-order valence-corrected chi connectivity index (χ1v) is 9.73. The Morgan fingerprint density at radius 1 is 1.30 bits per heavy atom. The van der Waals surface area contributed by atoms with E-state index >= 15 is 0 Å². The first-order valence-electron chi connectivity index (χ1n) is 8.29. The summed E-state index contributed by atoms with van der Waals surface area (Å²) in [4.78, 5) is 0.408. The minimum Gasteiger partial charge on any atom is -0.382 e. The third-order valence-corrected chi connectivity index (χ3v) is 6.95. The van der Waals surface area contributed by atoms with Crippen LogP contribution >= 0.6 is 0 Å². The molecule has 5 nitrogen and oxygen atoms in total. The van der Waals surface area contributed by atoms with Crippen LogP contribution in [0.5, 0.6) is 0 Å². The fourth-order valence-electron chi connectivity index (χ4n) is 3.62. The van der Waals surface area contributed by atoms with Crippen LogP contribution in [0.4, 0.5) is 0 Å². The molecule has 2 fully saturated rings. The van der Waals surface area contributed by atoms with Crippen LogP contribution in [0.3, 0.4) is 0 Å². The normalized spacial score (nSPS) is 28.2. The first-order chi connectivity index (χ1) is 11.0. The number of rotatable bonds is 6. The van der Waals surface area contributed by atoms with Gasteiger partial charge in [0.1, 0.15) is 0 Å². The summed E-state index contributed by atoms with van der Waals surface area (Å²) in [7, 11) is -3.44. The van der Waals surface area contributed by atoms with Crippen LogP contribution in [0.2, 0.25) is 0 Å². The summed E-state index contributed by atoms with van der Waals surface area (Å²) < 4.78 is 38.7. The van der Waals surface area contributed by atoms with Crippen LogP contribution in [0.15, 0.2) is 29.2 Å². The van der Waals surface area contributed by atoms with Gasteiger partial charge in [0, 0.05) is 32.2 Å². The van der Waals surface area contributed by atoms with Crippen LogP contribution < -0.4 is 0 Å². The minimum atomic E-state index is -3.44. The molecule has 3 rings (SSSR count). The maximum Gasteiger partial charge on any atom is 0.243 e. The van der Waals surface area contributed by atoms with E-state index in [1.54, 1.807) is 16.4 Å². The molecule has 2 aliphatic heterocycles. The lowest BCUT2D eigenvalue weighted by Crippen LogP contribution is -2.32. The quantitative estimate of drug-likeness (QED) is 0.745. The van der Waals surface area contributed by atoms with Crippen LogP contribution in [-0.4, -0.2) is 51.7 Å². The molecule has 0 N–H and O–H groups in total. The fraction of sp³-hybridized carbons (Fsp3) is 0.647. The number of nitrogens with zero attached hydrogens (tertiary/aromatic N) is 1. The Hall–Kier alpha value is -0.950. The molecule has 1 aromatic carbocycles. The lowest BCUT2D eigenvalue weighted by atomic mass is 9.91. The molecule has 23 heavy (non-hydrogen) atoms. The summed E-state index contributed by atoms with van der Waals surface area (Å²) in [5.74, 6) is 0.679. The monoisotopic (exact) mass is 339 g/mol. The van der Waals surface area contributed by atoms with Crippen molar-refractivity contribution in [2.45, 2.75) is 31.3 Å². The Kier molecular flexibility index (Phi) is 5.06. The molecule has 0 amide bonds. The smallest absolute Gasteiger partial charge is 0.243 e. The van der Waals surface area contributed by atoms with E-state index in [0.29, 0.717) is 23.9 Å². The molecule has 0 spiro atoms. The molecule has 0 saturated carbocycles. The molecule has 6 heteroatoms. The maximum atomic E-state index is 12.9. The Morgan fingerprint density at radius 2 is 2.09 bits per heavy atom. The predicted molar refractivity (Wildman–Crippen MR) is 87.8 cm³/mol. The summed E-state index contributed by atoms with van der Waals surface area (Å²) in [6.45, 7) is 7.00. The van der Waals surface area contributed by atoms with E-state index in [0.717, 1.165) is 31.8 Å². The van der Waals surface area contributed by atoms with Crippen LogP contribution in [0.1, 0.15) is 18.9 Å². The summed E-state index contributed by atoms with van der Waals surface area (Å²) >= 11 is 0. The van der Waals surface area contributed by atoms with E-state index < -0.39 is 10.0 Å². The van der Waals surface area contributed by atoms with Gasteiger partial charge in [-0.1, -0.05) is 18.2 Å². The van der Waals surface area contributed by atoms with Gasteiger partial charge in [0.15, 0.2) is 0 Å². The molecule has 0 aliphatic carbocycles. The zero-order valence-electron chi connectivity index (χ0n) is 13.8. The Bertz CT molecular complexity index is 646. The molecule has 2 saturated heterocycles. The molecule has 3 atom stereocenters. The number of fused-ring (bicyclic) bond motifs is 1. The van der Waals surface area contributed by atoms with Gasteiger partial charge in [-0.3, -0.25) is 0 Å². The Morgan fingerprint density at radius 3 is 2.83 bits per heavy atom. The molecule has 1 aromatic rings. The Balaban J connectivity index is 1.71. The highest BCUT2D eigenvalue weighted by molar-refractivity contribution is 7.89. The van der Waals surface area contributed by atoms with Gasteiger partial charge in [-0.05, 0) is 37.8 Å². The molecule has 0 unspecified atom stereocenters. The number of hydrogen-bond acceptors (Lipinski definition) is 4. The highest BCUT2D eigenvalue weighted by Crippen LogP contribution is 2.38. The van der Waals surface area contributed by atoms with E-state index in [9.17, 15) is 8.42 Å². The molecular weight excluding hydrogens is 314 g/mol. The summed E-state index contributed by atoms with van der Waals surface area (Å²) in [6, 6.07) is 7.16. The van der Waals surface area contributed by atoms with Crippen molar-refractivity contribution in [2.24, 2.45) is 11.8 Å². The standard InChI is InChI=1S/C17H25NO4S/c1-3-21-9-8-14-12-22-16-11-18(10-15(14)16)23(19,20)17-7-5-4-6-13(17)2/h4-7,14-16H,3,8-12H2,1-2H3/t14-,15-,16-/m0/s1. The number of benzene rings is 1. The molecule has 2 heterocycles. The Labute approximate surface area is 138 Å². The lowest BCUT2D eigenvalue weighted by molar-refractivity contribution is 0.0963. The summed E-state index contributed by atoms with van der Waals surface area (Å²) in [6.07, 6.45) is 0.966. The van der Waals surface area contributed by atoms with Crippen molar-refractivity contribution >= 4 is 10.0 Å². The van der Waals surface area contributed by atoms with E-state index in [4.69, 9.17) is 9.47 Å². The van der Waals surface area contributed by atoms with Crippen molar-refractivity contribution in [1.29, 1.82) is 0 Å². The average Bonchev–Trinajstić information content (AvgIpc) is 3.10.